The molecule has 0 spiro atoms. The molecule has 2 aromatic rings. The van der Waals surface area contributed by atoms with Crippen LogP contribution in [-0.4, -0.2) is 30.9 Å². The average Bonchev–Trinajstić information content (AvgIpc) is 2.63. The molecule has 6 nitrogen and oxygen atoms in total. The molecule has 0 saturated heterocycles. The smallest absolute Gasteiger partial charge is 0.308 e. The molecule has 0 saturated carbocycles. The van der Waals surface area contributed by atoms with Crippen molar-refractivity contribution in [3.63, 3.8) is 0 Å². The lowest BCUT2D eigenvalue weighted by molar-refractivity contribution is -0.147. The standard InChI is InChI=1S/C18H15BrCl2N2O4/c19-12-3-6-15(14(21)9-12)23-16(24)10-27-17(25)7-8-22-18(26)11-1-4-13(20)5-2-11/h1-6,9H,7-8,10H2,(H,22,26)(H,23,24). The van der Waals surface area contributed by atoms with Gasteiger partial charge < -0.3 is 15.4 Å². The topological polar surface area (TPSA) is 84.5 Å². The zero-order chi connectivity index (χ0) is 19.8. The van der Waals surface area contributed by atoms with Crippen molar-refractivity contribution in [2.75, 3.05) is 18.5 Å². The molecule has 0 bridgehead atoms. The van der Waals surface area contributed by atoms with Crippen molar-refractivity contribution in [2.45, 2.75) is 6.42 Å². The average molecular weight is 474 g/mol. The first-order valence-corrected chi connectivity index (χ1v) is 9.34. The number of hydrogen-bond donors (Lipinski definition) is 2. The second-order valence-electron chi connectivity index (χ2n) is 5.35. The van der Waals surface area contributed by atoms with Gasteiger partial charge in [-0.2, -0.15) is 0 Å². The Bertz CT molecular complexity index is 844. The van der Waals surface area contributed by atoms with E-state index >= 15 is 0 Å². The Morgan fingerprint density at radius 2 is 1.74 bits per heavy atom. The monoisotopic (exact) mass is 472 g/mol. The number of esters is 1. The molecule has 0 atom stereocenters. The van der Waals surface area contributed by atoms with Gasteiger partial charge in [0.15, 0.2) is 6.61 Å². The van der Waals surface area contributed by atoms with Crippen LogP contribution in [0, 0.1) is 0 Å². The molecule has 0 aromatic heterocycles. The number of rotatable bonds is 7. The van der Waals surface area contributed by atoms with E-state index in [1.54, 1.807) is 42.5 Å². The highest BCUT2D eigenvalue weighted by molar-refractivity contribution is 9.10. The molecule has 0 aliphatic carbocycles. The summed E-state index contributed by atoms with van der Waals surface area (Å²) in [7, 11) is 0. The van der Waals surface area contributed by atoms with Crippen LogP contribution >= 0.6 is 39.1 Å². The summed E-state index contributed by atoms with van der Waals surface area (Å²) in [5.74, 6) is -1.46. The molecule has 0 aliphatic rings. The number of hydrogen-bond acceptors (Lipinski definition) is 4. The van der Waals surface area contributed by atoms with Gasteiger partial charge in [0.1, 0.15) is 0 Å². The van der Waals surface area contributed by atoms with E-state index in [4.69, 9.17) is 27.9 Å². The van der Waals surface area contributed by atoms with Gasteiger partial charge in [-0.15, -0.1) is 0 Å². The number of amides is 2. The number of ether oxygens (including phenoxy) is 1. The minimum absolute atomic E-state index is 0.0638. The molecule has 0 heterocycles. The minimum atomic E-state index is -0.608. The predicted molar refractivity (Wildman–Crippen MR) is 107 cm³/mol. The van der Waals surface area contributed by atoms with Crippen molar-refractivity contribution in [1.29, 1.82) is 0 Å². The first-order valence-electron chi connectivity index (χ1n) is 7.79. The van der Waals surface area contributed by atoms with Gasteiger partial charge in [0, 0.05) is 21.6 Å². The Labute approximate surface area is 174 Å². The third-order valence-electron chi connectivity index (χ3n) is 3.29. The summed E-state index contributed by atoms with van der Waals surface area (Å²) in [5.41, 5.74) is 0.842. The van der Waals surface area contributed by atoms with Gasteiger partial charge in [-0.1, -0.05) is 39.1 Å². The van der Waals surface area contributed by atoms with Crippen LogP contribution < -0.4 is 10.6 Å². The van der Waals surface area contributed by atoms with Crippen molar-refractivity contribution in [3.05, 3.63) is 62.5 Å². The van der Waals surface area contributed by atoms with E-state index in [1.807, 2.05) is 0 Å². The van der Waals surface area contributed by atoms with Crippen LogP contribution in [0.2, 0.25) is 10.0 Å². The molecule has 2 amide bonds. The summed E-state index contributed by atoms with van der Waals surface area (Å²) in [4.78, 5) is 35.4. The van der Waals surface area contributed by atoms with Gasteiger partial charge in [0.25, 0.3) is 11.8 Å². The van der Waals surface area contributed by atoms with Crippen molar-refractivity contribution >= 4 is 62.6 Å². The fraction of sp³-hybridized carbons (Fsp3) is 0.167. The van der Waals surface area contributed by atoms with E-state index in [-0.39, 0.29) is 18.9 Å². The van der Waals surface area contributed by atoms with Crippen LogP contribution in [0.1, 0.15) is 16.8 Å². The van der Waals surface area contributed by atoms with E-state index < -0.39 is 18.5 Å². The SMILES string of the molecule is O=C(COC(=O)CCNC(=O)c1ccc(Cl)cc1)Nc1ccc(Br)cc1Cl. The Kier molecular flexibility index (Phi) is 8.09. The lowest BCUT2D eigenvalue weighted by Gasteiger charge is -2.09. The van der Waals surface area contributed by atoms with E-state index in [0.29, 0.717) is 21.3 Å². The van der Waals surface area contributed by atoms with Crippen LogP contribution in [0.5, 0.6) is 0 Å². The third kappa shape index (κ3) is 7.21. The summed E-state index contributed by atoms with van der Waals surface area (Å²) in [6.45, 7) is -0.364. The highest BCUT2D eigenvalue weighted by Crippen LogP contribution is 2.25. The summed E-state index contributed by atoms with van der Waals surface area (Å²) < 4.78 is 5.65. The molecule has 2 aromatic carbocycles. The minimum Gasteiger partial charge on any atom is -0.456 e. The Balaban J connectivity index is 1.68. The first-order chi connectivity index (χ1) is 12.8. The molecule has 0 aliphatic heterocycles. The maximum Gasteiger partial charge on any atom is 0.308 e. The zero-order valence-corrected chi connectivity index (χ0v) is 17.0. The van der Waals surface area contributed by atoms with Crippen LogP contribution in [0.3, 0.4) is 0 Å². The molecule has 142 valence electrons. The van der Waals surface area contributed by atoms with Crippen LogP contribution in [0.4, 0.5) is 5.69 Å². The molecule has 0 radical (unpaired) electrons. The number of benzene rings is 2. The zero-order valence-electron chi connectivity index (χ0n) is 13.9. The maximum absolute atomic E-state index is 11.9. The molecule has 27 heavy (non-hydrogen) atoms. The molecule has 9 heteroatoms. The number of anilines is 1. The number of halogens is 3. The van der Waals surface area contributed by atoms with Crippen molar-refractivity contribution in [1.82, 2.24) is 5.32 Å². The van der Waals surface area contributed by atoms with Crippen molar-refractivity contribution in [2.24, 2.45) is 0 Å². The van der Waals surface area contributed by atoms with Gasteiger partial charge in [-0.05, 0) is 42.5 Å². The maximum atomic E-state index is 11.9. The fourth-order valence-electron chi connectivity index (χ4n) is 1.98. The van der Waals surface area contributed by atoms with E-state index in [1.165, 1.54) is 0 Å². The Morgan fingerprint density at radius 3 is 2.41 bits per heavy atom. The number of carbonyl (C=O) groups is 3. The normalized spacial score (nSPS) is 10.2. The molecular weight excluding hydrogens is 459 g/mol. The van der Waals surface area contributed by atoms with Crippen LogP contribution in [-0.2, 0) is 14.3 Å². The van der Waals surface area contributed by atoms with Crippen LogP contribution in [0.15, 0.2) is 46.9 Å². The molecule has 2 rings (SSSR count). The second-order valence-corrected chi connectivity index (χ2v) is 7.11. The Morgan fingerprint density at radius 1 is 1.04 bits per heavy atom. The van der Waals surface area contributed by atoms with E-state index in [2.05, 4.69) is 26.6 Å². The summed E-state index contributed by atoms with van der Waals surface area (Å²) in [6, 6.07) is 11.3. The van der Waals surface area contributed by atoms with Gasteiger partial charge >= 0.3 is 5.97 Å². The highest BCUT2D eigenvalue weighted by atomic mass is 79.9. The van der Waals surface area contributed by atoms with Gasteiger partial charge in [0.2, 0.25) is 0 Å². The highest BCUT2D eigenvalue weighted by Gasteiger charge is 2.11. The molecule has 0 unspecified atom stereocenters. The van der Waals surface area contributed by atoms with Gasteiger partial charge in [-0.25, -0.2) is 0 Å². The lowest BCUT2D eigenvalue weighted by Crippen LogP contribution is -2.27. The van der Waals surface area contributed by atoms with Gasteiger partial charge in [0.05, 0.1) is 17.1 Å². The lowest BCUT2D eigenvalue weighted by atomic mass is 10.2. The first kappa shape index (κ1) is 21.2. The summed E-state index contributed by atoms with van der Waals surface area (Å²) >= 11 is 15.0. The van der Waals surface area contributed by atoms with Crippen LogP contribution in [0.25, 0.3) is 0 Å². The second kappa shape index (κ2) is 10.3. The molecule has 0 fully saturated rings. The van der Waals surface area contributed by atoms with Crippen molar-refractivity contribution < 1.29 is 19.1 Å². The number of nitrogens with one attached hydrogen (secondary N) is 2. The largest absolute Gasteiger partial charge is 0.456 e. The molecule has 2 N–H and O–H groups in total. The Hall–Kier alpha value is -2.09. The van der Waals surface area contributed by atoms with E-state index in [0.717, 1.165) is 4.47 Å². The van der Waals surface area contributed by atoms with E-state index in [9.17, 15) is 14.4 Å². The number of carbonyl (C=O) groups excluding carboxylic acids is 3. The third-order valence-corrected chi connectivity index (χ3v) is 4.35. The fourth-order valence-corrected chi connectivity index (χ4v) is 2.82. The summed E-state index contributed by atoms with van der Waals surface area (Å²) in [6.07, 6.45) is -0.0638. The van der Waals surface area contributed by atoms with Crippen molar-refractivity contribution in [3.8, 4) is 0 Å². The summed E-state index contributed by atoms with van der Waals surface area (Å²) in [5, 5.41) is 6.01. The van der Waals surface area contributed by atoms with Gasteiger partial charge in [-0.3, -0.25) is 14.4 Å². The molecular formula is C18H15BrCl2N2O4. The quantitative estimate of drug-likeness (QED) is 0.594. The predicted octanol–water partition coefficient (Wildman–Crippen LogP) is 4.06.